The van der Waals surface area contributed by atoms with E-state index in [0.717, 1.165) is 9.87 Å². The number of halogens is 1. The Labute approximate surface area is 217 Å². The van der Waals surface area contributed by atoms with Gasteiger partial charge in [-0.3, -0.25) is 9.10 Å². The van der Waals surface area contributed by atoms with E-state index in [1.807, 2.05) is 19.1 Å². The van der Waals surface area contributed by atoms with Crippen LogP contribution in [0.5, 0.6) is 17.2 Å². The average Bonchev–Trinajstić information content (AvgIpc) is 2.88. The number of rotatable bonds is 11. The van der Waals surface area contributed by atoms with Crippen LogP contribution in [0.25, 0.3) is 0 Å². The molecule has 0 radical (unpaired) electrons. The minimum atomic E-state index is -4.15. The lowest BCUT2D eigenvalue weighted by Crippen LogP contribution is -2.41. The van der Waals surface area contributed by atoms with Gasteiger partial charge in [0.2, 0.25) is 5.91 Å². The van der Waals surface area contributed by atoms with Gasteiger partial charge in [-0.25, -0.2) is 8.42 Å². The van der Waals surface area contributed by atoms with Crippen molar-refractivity contribution in [3.8, 4) is 17.2 Å². The van der Waals surface area contributed by atoms with Crippen molar-refractivity contribution in [3.63, 3.8) is 0 Å². The minimum Gasteiger partial charge on any atom is -0.494 e. The Morgan fingerprint density at radius 1 is 0.917 bits per heavy atom. The summed E-state index contributed by atoms with van der Waals surface area (Å²) in [6.07, 6.45) is 0. The summed E-state index contributed by atoms with van der Waals surface area (Å²) in [4.78, 5) is 14.6. The van der Waals surface area contributed by atoms with Gasteiger partial charge in [-0.2, -0.15) is 0 Å². The van der Waals surface area contributed by atoms with Gasteiger partial charge < -0.3 is 19.1 Å². The third-order valence-electron chi connectivity index (χ3n) is 5.42. The number of amides is 1. The van der Waals surface area contributed by atoms with E-state index in [0.29, 0.717) is 35.4 Å². The number of hydrogen-bond donors (Lipinski definition) is 0. The Balaban J connectivity index is 1.95. The molecule has 0 aromatic heterocycles. The van der Waals surface area contributed by atoms with E-state index in [-0.39, 0.29) is 16.6 Å². The molecule has 192 valence electrons. The molecule has 0 saturated carbocycles. The van der Waals surface area contributed by atoms with Crippen LogP contribution in [0.4, 0.5) is 5.69 Å². The molecule has 0 aliphatic rings. The quantitative estimate of drug-likeness (QED) is 0.358. The lowest BCUT2D eigenvalue weighted by atomic mass is 10.2. The molecule has 36 heavy (non-hydrogen) atoms. The summed E-state index contributed by atoms with van der Waals surface area (Å²) in [6.45, 7) is 2.22. The first-order valence-electron chi connectivity index (χ1n) is 11.2. The highest BCUT2D eigenvalue weighted by atomic mass is 35.5. The highest BCUT2D eigenvalue weighted by molar-refractivity contribution is 7.92. The van der Waals surface area contributed by atoms with Crippen LogP contribution < -0.4 is 18.5 Å². The molecule has 0 aliphatic heterocycles. The summed E-state index contributed by atoms with van der Waals surface area (Å²) in [6, 6.07) is 18.0. The average molecular weight is 533 g/mol. The van der Waals surface area contributed by atoms with Crippen molar-refractivity contribution >= 4 is 33.2 Å². The minimum absolute atomic E-state index is 0.0396. The summed E-state index contributed by atoms with van der Waals surface area (Å²) >= 11 is 5.95. The first kappa shape index (κ1) is 27.2. The van der Waals surface area contributed by atoms with Crippen molar-refractivity contribution in [1.82, 2.24) is 4.90 Å². The van der Waals surface area contributed by atoms with Gasteiger partial charge in [-0.15, -0.1) is 0 Å². The monoisotopic (exact) mass is 532 g/mol. The van der Waals surface area contributed by atoms with Crippen LogP contribution in [0, 0.1) is 0 Å². The Morgan fingerprint density at radius 2 is 1.56 bits per heavy atom. The third kappa shape index (κ3) is 6.41. The lowest BCUT2D eigenvalue weighted by molar-refractivity contribution is -0.128. The molecule has 8 nitrogen and oxygen atoms in total. The molecule has 0 atom stereocenters. The summed E-state index contributed by atoms with van der Waals surface area (Å²) in [7, 11) is 0.360. The SMILES string of the molecule is CCOc1ccc(N(CC(=O)N(C)Cc2ccc(Cl)cc2)S(=O)(=O)c2ccc(OC)c(OC)c2)cc1. The van der Waals surface area contributed by atoms with Crippen molar-refractivity contribution in [2.24, 2.45) is 0 Å². The number of methoxy groups -OCH3 is 2. The van der Waals surface area contributed by atoms with Crippen molar-refractivity contribution in [3.05, 3.63) is 77.3 Å². The number of likely N-dealkylation sites (N-methyl/N-ethyl adjacent to an activating group) is 1. The second-order valence-corrected chi connectivity index (χ2v) is 10.1. The fourth-order valence-electron chi connectivity index (χ4n) is 3.49. The zero-order valence-corrected chi connectivity index (χ0v) is 22.2. The van der Waals surface area contributed by atoms with Crippen molar-refractivity contribution < 1.29 is 27.4 Å². The summed E-state index contributed by atoms with van der Waals surface area (Å²) in [5, 5.41) is 0.593. The number of nitrogens with zero attached hydrogens (tertiary/aromatic N) is 2. The maximum Gasteiger partial charge on any atom is 0.264 e. The van der Waals surface area contributed by atoms with Crippen LogP contribution >= 0.6 is 11.6 Å². The molecule has 0 bridgehead atoms. The largest absolute Gasteiger partial charge is 0.494 e. The first-order valence-corrected chi connectivity index (χ1v) is 13.0. The van der Waals surface area contributed by atoms with Gasteiger partial charge in [0, 0.05) is 24.7 Å². The Bertz CT molecular complexity index is 1280. The maximum absolute atomic E-state index is 13.8. The van der Waals surface area contributed by atoms with E-state index >= 15 is 0 Å². The zero-order valence-electron chi connectivity index (χ0n) is 20.6. The van der Waals surface area contributed by atoms with Crippen LogP contribution in [0.3, 0.4) is 0 Å². The van der Waals surface area contributed by atoms with Crippen LogP contribution in [-0.4, -0.2) is 53.6 Å². The van der Waals surface area contributed by atoms with Gasteiger partial charge in [-0.05, 0) is 61.0 Å². The molecule has 10 heteroatoms. The highest BCUT2D eigenvalue weighted by Crippen LogP contribution is 2.32. The highest BCUT2D eigenvalue weighted by Gasteiger charge is 2.29. The Kier molecular flexibility index (Phi) is 9.06. The van der Waals surface area contributed by atoms with Crippen molar-refractivity contribution in [2.75, 3.05) is 38.7 Å². The molecule has 0 N–H and O–H groups in total. The number of carbonyl (C=O) groups excluding carboxylic acids is 1. The molecular weight excluding hydrogens is 504 g/mol. The van der Waals surface area contributed by atoms with Crippen molar-refractivity contribution in [1.29, 1.82) is 0 Å². The molecule has 0 saturated heterocycles. The standard InChI is InChI=1S/C26H29ClN2O6S/c1-5-35-22-12-10-21(11-13-22)29(18-26(30)28(2)17-19-6-8-20(27)9-7-19)36(31,32)23-14-15-24(33-3)25(16-23)34-4/h6-16H,5,17-18H2,1-4H3. The predicted octanol–water partition coefficient (Wildman–Crippen LogP) is 4.61. The fraction of sp³-hybridized carbons (Fsp3) is 0.269. The molecule has 3 aromatic rings. The molecule has 0 unspecified atom stereocenters. The molecule has 0 heterocycles. The van der Waals surface area contributed by atoms with Crippen LogP contribution in [0.1, 0.15) is 12.5 Å². The van der Waals surface area contributed by atoms with Gasteiger partial charge in [0.15, 0.2) is 11.5 Å². The Hall–Kier alpha value is -3.43. The second kappa shape index (κ2) is 12.0. The normalized spacial score (nSPS) is 11.0. The van der Waals surface area contributed by atoms with Gasteiger partial charge in [-0.1, -0.05) is 23.7 Å². The molecule has 1 amide bonds. The number of hydrogen-bond acceptors (Lipinski definition) is 6. The number of sulfonamides is 1. The number of anilines is 1. The molecule has 3 aromatic carbocycles. The van der Waals surface area contributed by atoms with E-state index in [1.54, 1.807) is 43.4 Å². The van der Waals surface area contributed by atoms with E-state index in [1.165, 1.54) is 37.3 Å². The number of carbonyl (C=O) groups is 1. The summed E-state index contributed by atoms with van der Waals surface area (Å²) in [5.74, 6) is 0.859. The fourth-order valence-corrected chi connectivity index (χ4v) is 5.05. The summed E-state index contributed by atoms with van der Waals surface area (Å²) in [5.41, 5.74) is 1.19. The predicted molar refractivity (Wildman–Crippen MR) is 140 cm³/mol. The maximum atomic E-state index is 13.8. The van der Waals surface area contributed by atoms with Crippen LogP contribution in [0.15, 0.2) is 71.6 Å². The van der Waals surface area contributed by atoms with E-state index < -0.39 is 16.6 Å². The van der Waals surface area contributed by atoms with Gasteiger partial charge in [0.25, 0.3) is 10.0 Å². The van der Waals surface area contributed by atoms with Gasteiger partial charge in [0.1, 0.15) is 12.3 Å². The molecular formula is C26H29ClN2O6S. The molecule has 0 aliphatic carbocycles. The smallest absolute Gasteiger partial charge is 0.264 e. The third-order valence-corrected chi connectivity index (χ3v) is 7.44. The van der Waals surface area contributed by atoms with E-state index in [4.69, 9.17) is 25.8 Å². The summed E-state index contributed by atoms with van der Waals surface area (Å²) < 4.78 is 44.6. The van der Waals surface area contributed by atoms with Crippen LogP contribution in [-0.2, 0) is 21.4 Å². The molecule has 3 rings (SSSR count). The molecule has 0 fully saturated rings. The molecule has 0 spiro atoms. The van der Waals surface area contributed by atoms with Crippen LogP contribution in [0.2, 0.25) is 5.02 Å². The number of benzene rings is 3. The number of ether oxygens (including phenoxy) is 3. The van der Waals surface area contributed by atoms with E-state index in [9.17, 15) is 13.2 Å². The zero-order chi connectivity index (χ0) is 26.3. The lowest BCUT2D eigenvalue weighted by Gasteiger charge is -2.27. The first-order chi connectivity index (χ1) is 17.2. The van der Waals surface area contributed by atoms with Gasteiger partial charge in [0.05, 0.1) is 31.4 Å². The Morgan fingerprint density at radius 3 is 2.14 bits per heavy atom. The van der Waals surface area contributed by atoms with E-state index in [2.05, 4.69) is 0 Å². The van der Waals surface area contributed by atoms with Crippen molar-refractivity contribution in [2.45, 2.75) is 18.4 Å². The topological polar surface area (TPSA) is 85.4 Å². The van der Waals surface area contributed by atoms with Gasteiger partial charge >= 0.3 is 0 Å². The second-order valence-electron chi connectivity index (χ2n) is 7.83.